The highest BCUT2D eigenvalue weighted by Crippen LogP contribution is 2.24. The molecule has 3 nitrogen and oxygen atoms in total. The van der Waals surface area contributed by atoms with Crippen LogP contribution in [0.25, 0.3) is 0 Å². The highest BCUT2D eigenvalue weighted by molar-refractivity contribution is 6.30. The van der Waals surface area contributed by atoms with Crippen molar-refractivity contribution in [1.29, 1.82) is 0 Å². The fourth-order valence-corrected chi connectivity index (χ4v) is 2.64. The molecule has 5 heteroatoms. The summed E-state index contributed by atoms with van der Waals surface area (Å²) in [6.07, 6.45) is 1.66. The first-order chi connectivity index (χ1) is 10.0. The van der Waals surface area contributed by atoms with E-state index in [0.717, 1.165) is 24.4 Å². The van der Waals surface area contributed by atoms with Gasteiger partial charge in [-0.15, -0.1) is 0 Å². The van der Waals surface area contributed by atoms with Crippen LogP contribution in [0, 0.1) is 12.7 Å². The maximum atomic E-state index is 14.1. The summed E-state index contributed by atoms with van der Waals surface area (Å²) in [5.41, 5.74) is 2.64. The fourth-order valence-electron chi connectivity index (χ4n) is 2.46. The Bertz CT molecular complexity index is 610. The number of benzene rings is 1. The van der Waals surface area contributed by atoms with E-state index in [1.165, 1.54) is 6.07 Å². The van der Waals surface area contributed by atoms with Gasteiger partial charge in [0.15, 0.2) is 0 Å². The Balaban J connectivity index is 2.29. The number of aromatic nitrogens is 2. The second-order valence-electron chi connectivity index (χ2n) is 5.28. The largest absolute Gasteiger partial charge is 0.310 e. The molecule has 1 aromatic carbocycles. The molecule has 114 valence electrons. The molecule has 1 heterocycles. The molecular formula is C16H21ClFN3. The SMILES string of the molecule is CCCNC(Cc1cc(C)nn1C)c1cc(Cl)ccc1F. The maximum Gasteiger partial charge on any atom is 0.128 e. The molecule has 0 radical (unpaired) electrons. The van der Waals surface area contributed by atoms with Crippen LogP contribution < -0.4 is 5.32 Å². The van der Waals surface area contributed by atoms with E-state index < -0.39 is 0 Å². The third kappa shape index (κ3) is 4.05. The van der Waals surface area contributed by atoms with Gasteiger partial charge in [0.2, 0.25) is 0 Å². The minimum absolute atomic E-state index is 0.113. The first-order valence-corrected chi connectivity index (χ1v) is 7.57. The number of halogens is 2. The predicted octanol–water partition coefficient (Wildman–Crippen LogP) is 3.80. The molecule has 1 aromatic heterocycles. The van der Waals surface area contributed by atoms with Crippen LogP contribution in [0.3, 0.4) is 0 Å². The normalized spacial score (nSPS) is 12.6. The van der Waals surface area contributed by atoms with Crippen LogP contribution in [0.1, 0.15) is 36.3 Å². The molecule has 0 saturated carbocycles. The fraction of sp³-hybridized carbons (Fsp3) is 0.438. The van der Waals surface area contributed by atoms with Crippen LogP contribution in [0.15, 0.2) is 24.3 Å². The summed E-state index contributed by atoms with van der Waals surface area (Å²) < 4.78 is 16.0. The highest BCUT2D eigenvalue weighted by atomic mass is 35.5. The van der Waals surface area contributed by atoms with Crippen LogP contribution in [0.5, 0.6) is 0 Å². The Morgan fingerprint density at radius 1 is 1.38 bits per heavy atom. The minimum atomic E-state index is -0.230. The van der Waals surface area contributed by atoms with Gasteiger partial charge < -0.3 is 5.32 Å². The standard InChI is InChI=1S/C16H21ClFN3/c1-4-7-19-16(10-13-8-11(2)20-21(13)3)14-9-12(17)5-6-15(14)18/h5-6,8-9,16,19H,4,7,10H2,1-3H3. The van der Waals surface area contributed by atoms with Gasteiger partial charge in [-0.25, -0.2) is 4.39 Å². The Morgan fingerprint density at radius 2 is 2.14 bits per heavy atom. The summed E-state index contributed by atoms with van der Waals surface area (Å²) in [6, 6.07) is 6.62. The van der Waals surface area contributed by atoms with Gasteiger partial charge in [-0.2, -0.15) is 5.10 Å². The number of nitrogens with zero attached hydrogens (tertiary/aromatic N) is 2. The Morgan fingerprint density at radius 3 is 2.76 bits per heavy atom. The van der Waals surface area contributed by atoms with E-state index in [-0.39, 0.29) is 11.9 Å². The molecule has 2 aromatic rings. The van der Waals surface area contributed by atoms with Gasteiger partial charge in [-0.1, -0.05) is 18.5 Å². The maximum absolute atomic E-state index is 14.1. The summed E-state index contributed by atoms with van der Waals surface area (Å²) in [5, 5.41) is 8.30. The van der Waals surface area contributed by atoms with Crippen molar-refractivity contribution < 1.29 is 4.39 Å². The molecule has 1 N–H and O–H groups in total. The Kier molecular flexibility index (Phi) is 5.37. The smallest absolute Gasteiger partial charge is 0.128 e. The van der Waals surface area contributed by atoms with Gasteiger partial charge in [0, 0.05) is 35.8 Å². The van der Waals surface area contributed by atoms with Gasteiger partial charge in [0.1, 0.15) is 5.82 Å². The molecule has 0 aliphatic rings. The molecule has 0 saturated heterocycles. The molecule has 0 spiro atoms. The van der Waals surface area contributed by atoms with Gasteiger partial charge in [-0.3, -0.25) is 4.68 Å². The van der Waals surface area contributed by atoms with E-state index >= 15 is 0 Å². The first kappa shape index (κ1) is 16.0. The van der Waals surface area contributed by atoms with Gasteiger partial charge in [0.25, 0.3) is 0 Å². The van der Waals surface area contributed by atoms with Crippen LogP contribution in [0.4, 0.5) is 4.39 Å². The zero-order chi connectivity index (χ0) is 15.4. The van der Waals surface area contributed by atoms with E-state index in [2.05, 4.69) is 17.3 Å². The lowest BCUT2D eigenvalue weighted by atomic mass is 10.0. The molecule has 0 fully saturated rings. The summed E-state index contributed by atoms with van der Waals surface area (Å²) in [5.74, 6) is -0.230. The van der Waals surface area contributed by atoms with Crippen LogP contribution >= 0.6 is 11.6 Å². The second-order valence-corrected chi connectivity index (χ2v) is 5.71. The summed E-state index contributed by atoms with van der Waals surface area (Å²) in [6.45, 7) is 4.87. The molecule has 1 atom stereocenters. The van der Waals surface area contributed by atoms with Crippen molar-refractivity contribution in [3.63, 3.8) is 0 Å². The van der Waals surface area contributed by atoms with E-state index in [9.17, 15) is 4.39 Å². The van der Waals surface area contributed by atoms with Crippen LogP contribution in [-0.2, 0) is 13.5 Å². The zero-order valence-corrected chi connectivity index (χ0v) is 13.4. The molecule has 0 aliphatic heterocycles. The second kappa shape index (κ2) is 7.05. The van der Waals surface area contributed by atoms with Crippen LogP contribution in [0.2, 0.25) is 5.02 Å². The third-order valence-electron chi connectivity index (χ3n) is 3.49. The first-order valence-electron chi connectivity index (χ1n) is 7.19. The van der Waals surface area contributed by atoms with Gasteiger partial charge in [0.05, 0.1) is 5.69 Å². The molecule has 1 unspecified atom stereocenters. The molecular weight excluding hydrogens is 289 g/mol. The van der Waals surface area contributed by atoms with Crippen molar-refractivity contribution in [3.05, 3.63) is 52.1 Å². The summed E-state index contributed by atoms with van der Waals surface area (Å²) in [4.78, 5) is 0. The number of rotatable bonds is 6. The molecule has 0 aliphatic carbocycles. The van der Waals surface area contributed by atoms with E-state index in [4.69, 9.17) is 11.6 Å². The van der Waals surface area contributed by atoms with Crippen molar-refractivity contribution in [1.82, 2.24) is 15.1 Å². The number of hydrogen-bond acceptors (Lipinski definition) is 2. The topological polar surface area (TPSA) is 29.9 Å². The molecule has 0 bridgehead atoms. The quantitative estimate of drug-likeness (QED) is 0.879. The average Bonchev–Trinajstić information content (AvgIpc) is 2.75. The number of nitrogens with one attached hydrogen (secondary N) is 1. The number of hydrogen-bond donors (Lipinski definition) is 1. The third-order valence-corrected chi connectivity index (χ3v) is 3.72. The average molecular weight is 310 g/mol. The zero-order valence-electron chi connectivity index (χ0n) is 12.7. The van der Waals surface area contributed by atoms with Gasteiger partial charge in [-0.05, 0) is 44.2 Å². The van der Waals surface area contributed by atoms with Crippen molar-refractivity contribution in [3.8, 4) is 0 Å². The van der Waals surface area contributed by atoms with E-state index in [0.29, 0.717) is 17.0 Å². The van der Waals surface area contributed by atoms with Crippen molar-refractivity contribution in [2.45, 2.75) is 32.7 Å². The Hall–Kier alpha value is -1.39. The van der Waals surface area contributed by atoms with Gasteiger partial charge >= 0.3 is 0 Å². The predicted molar refractivity (Wildman–Crippen MR) is 84.1 cm³/mol. The molecule has 2 rings (SSSR count). The van der Waals surface area contributed by atoms with Crippen molar-refractivity contribution >= 4 is 11.6 Å². The van der Waals surface area contributed by atoms with Crippen LogP contribution in [-0.4, -0.2) is 16.3 Å². The Labute approximate surface area is 130 Å². The highest BCUT2D eigenvalue weighted by Gasteiger charge is 2.18. The summed E-state index contributed by atoms with van der Waals surface area (Å²) >= 11 is 6.02. The van der Waals surface area contributed by atoms with Crippen molar-refractivity contribution in [2.24, 2.45) is 7.05 Å². The molecule has 21 heavy (non-hydrogen) atoms. The number of aryl methyl sites for hydroxylation is 2. The van der Waals surface area contributed by atoms with E-state index in [1.807, 2.05) is 24.7 Å². The monoisotopic (exact) mass is 309 g/mol. The lowest BCUT2D eigenvalue weighted by molar-refractivity contribution is 0.485. The summed E-state index contributed by atoms with van der Waals surface area (Å²) in [7, 11) is 1.91. The van der Waals surface area contributed by atoms with E-state index in [1.54, 1.807) is 12.1 Å². The lowest BCUT2D eigenvalue weighted by Crippen LogP contribution is -2.25. The molecule has 0 amide bonds. The van der Waals surface area contributed by atoms with Crippen molar-refractivity contribution in [2.75, 3.05) is 6.54 Å². The minimum Gasteiger partial charge on any atom is -0.310 e. The lowest BCUT2D eigenvalue weighted by Gasteiger charge is -2.20.